The zero-order chi connectivity index (χ0) is 13.0. The van der Waals surface area contributed by atoms with E-state index in [9.17, 15) is 4.79 Å². The van der Waals surface area contributed by atoms with Gasteiger partial charge in [0.05, 0.1) is 19.3 Å². The quantitative estimate of drug-likeness (QED) is 0.619. The molecule has 0 unspecified atom stereocenters. The fourth-order valence-corrected chi connectivity index (χ4v) is 1.70. The molecule has 1 aliphatic rings. The molecule has 0 amide bonds. The summed E-state index contributed by atoms with van der Waals surface area (Å²) in [6.07, 6.45) is 2.87. The second-order valence-corrected chi connectivity index (χ2v) is 4.23. The third-order valence-corrected chi connectivity index (χ3v) is 2.77. The van der Waals surface area contributed by atoms with Gasteiger partial charge in [0.1, 0.15) is 6.10 Å². The zero-order valence-electron chi connectivity index (χ0n) is 10.2. The van der Waals surface area contributed by atoms with Gasteiger partial charge >= 0.3 is 5.97 Å². The molecule has 0 saturated carbocycles. The molecule has 0 aliphatic carbocycles. The number of hydrogen-bond acceptors (Lipinski definition) is 3. The first kappa shape index (κ1) is 12.8. The molecular weight excluding hydrogens is 232 g/mol. The van der Waals surface area contributed by atoms with Crippen LogP contribution in [0.2, 0.25) is 0 Å². The third-order valence-electron chi connectivity index (χ3n) is 2.77. The highest BCUT2D eigenvalue weighted by atomic mass is 16.6. The van der Waals surface area contributed by atoms with Crippen LogP contribution in [0.1, 0.15) is 24.2 Å². The van der Waals surface area contributed by atoms with Gasteiger partial charge in [-0.05, 0) is 24.1 Å². The molecule has 1 aromatic rings. The van der Waals surface area contributed by atoms with E-state index in [4.69, 9.17) is 14.6 Å². The summed E-state index contributed by atoms with van der Waals surface area (Å²) in [6.45, 7) is 3.31. The first-order valence-electron chi connectivity index (χ1n) is 5.90. The van der Waals surface area contributed by atoms with Crippen molar-refractivity contribution >= 4 is 12.0 Å². The number of ether oxygens (including phenoxy) is 2. The number of carbonyl (C=O) groups is 1. The number of hydrogen-bond donors (Lipinski definition) is 1. The van der Waals surface area contributed by atoms with Gasteiger partial charge in [-0.25, -0.2) is 4.79 Å². The molecule has 0 bridgehead atoms. The van der Waals surface area contributed by atoms with Gasteiger partial charge < -0.3 is 14.6 Å². The summed E-state index contributed by atoms with van der Waals surface area (Å²) in [4.78, 5) is 10.5. The Kier molecular flexibility index (Phi) is 4.12. The van der Waals surface area contributed by atoms with E-state index in [0.29, 0.717) is 6.61 Å². The van der Waals surface area contributed by atoms with Crippen molar-refractivity contribution in [1.29, 1.82) is 0 Å². The summed E-state index contributed by atoms with van der Waals surface area (Å²) >= 11 is 0. The van der Waals surface area contributed by atoms with Gasteiger partial charge in [0.25, 0.3) is 0 Å². The van der Waals surface area contributed by atoms with Crippen LogP contribution < -0.4 is 0 Å². The van der Waals surface area contributed by atoms with Gasteiger partial charge in [0.15, 0.2) is 0 Å². The predicted octanol–water partition coefficient (Wildman–Crippen LogP) is 2.26. The number of carboxylic acid groups (broad SMARTS) is 1. The Morgan fingerprint density at radius 3 is 3.00 bits per heavy atom. The van der Waals surface area contributed by atoms with Crippen LogP contribution in [0.4, 0.5) is 0 Å². The Hall–Kier alpha value is -1.65. The van der Waals surface area contributed by atoms with E-state index in [1.165, 1.54) is 0 Å². The maximum atomic E-state index is 10.5. The van der Waals surface area contributed by atoms with Crippen LogP contribution in [0, 0.1) is 0 Å². The summed E-state index contributed by atoms with van der Waals surface area (Å²) in [5.74, 6) is -0.954. The van der Waals surface area contributed by atoms with Crippen LogP contribution in [0.5, 0.6) is 0 Å². The third kappa shape index (κ3) is 3.68. The highest BCUT2D eigenvalue weighted by Crippen LogP contribution is 2.23. The number of epoxide rings is 1. The normalized spacial score (nSPS) is 19.9. The average molecular weight is 248 g/mol. The van der Waals surface area contributed by atoms with Gasteiger partial charge in [-0.3, -0.25) is 0 Å². The highest BCUT2D eigenvalue weighted by molar-refractivity contribution is 5.85. The summed E-state index contributed by atoms with van der Waals surface area (Å²) in [6, 6.07) is 7.62. The molecule has 4 nitrogen and oxygen atoms in total. The van der Waals surface area contributed by atoms with E-state index < -0.39 is 5.97 Å². The largest absolute Gasteiger partial charge is 0.478 e. The van der Waals surface area contributed by atoms with Crippen molar-refractivity contribution < 1.29 is 19.4 Å². The van der Waals surface area contributed by atoms with Gasteiger partial charge in [0, 0.05) is 6.08 Å². The van der Waals surface area contributed by atoms with E-state index in [0.717, 1.165) is 23.8 Å². The smallest absolute Gasteiger partial charge is 0.328 e. The van der Waals surface area contributed by atoms with Crippen molar-refractivity contribution in [2.45, 2.75) is 19.1 Å². The van der Waals surface area contributed by atoms with E-state index in [-0.39, 0.29) is 12.2 Å². The first-order chi connectivity index (χ1) is 8.66. The second-order valence-electron chi connectivity index (χ2n) is 4.23. The predicted molar refractivity (Wildman–Crippen MR) is 67.2 cm³/mol. The minimum absolute atomic E-state index is 0.0798. The van der Waals surface area contributed by atoms with Crippen LogP contribution >= 0.6 is 0 Å². The first-order valence-corrected chi connectivity index (χ1v) is 5.90. The van der Waals surface area contributed by atoms with E-state index in [1.54, 1.807) is 6.08 Å². The number of rotatable bonds is 6. The molecule has 1 aromatic carbocycles. The fourth-order valence-electron chi connectivity index (χ4n) is 1.70. The Morgan fingerprint density at radius 2 is 2.33 bits per heavy atom. The number of carboxylic acids is 1. The van der Waals surface area contributed by atoms with Crippen LogP contribution in [0.25, 0.3) is 6.08 Å². The monoisotopic (exact) mass is 248 g/mol. The van der Waals surface area contributed by atoms with Gasteiger partial charge in [-0.15, -0.1) is 0 Å². The van der Waals surface area contributed by atoms with Crippen molar-refractivity contribution in [2.75, 3.05) is 13.2 Å². The Morgan fingerprint density at radius 1 is 1.61 bits per heavy atom. The molecule has 18 heavy (non-hydrogen) atoms. The van der Waals surface area contributed by atoms with E-state index >= 15 is 0 Å². The molecule has 1 heterocycles. The molecule has 4 heteroatoms. The number of aliphatic carboxylic acids is 1. The highest BCUT2D eigenvalue weighted by Gasteiger charge is 2.23. The fraction of sp³-hybridized carbons (Fsp3) is 0.357. The Bertz CT molecular complexity index is 449. The number of benzene rings is 1. The lowest BCUT2D eigenvalue weighted by atomic mass is 10.0. The molecule has 1 fully saturated rings. The lowest BCUT2D eigenvalue weighted by Crippen LogP contribution is -2.07. The average Bonchev–Trinajstić information content (AvgIpc) is 3.18. The molecule has 1 saturated heterocycles. The van der Waals surface area contributed by atoms with Crippen LogP contribution in [0.15, 0.2) is 30.3 Å². The van der Waals surface area contributed by atoms with Crippen LogP contribution in [-0.4, -0.2) is 30.4 Å². The van der Waals surface area contributed by atoms with E-state index in [1.807, 2.05) is 31.2 Å². The molecule has 0 aromatic heterocycles. The minimum Gasteiger partial charge on any atom is -0.478 e. The van der Waals surface area contributed by atoms with Crippen LogP contribution in [-0.2, 0) is 14.3 Å². The summed E-state index contributed by atoms with van der Waals surface area (Å²) < 4.78 is 10.8. The van der Waals surface area contributed by atoms with E-state index in [2.05, 4.69) is 0 Å². The van der Waals surface area contributed by atoms with Crippen molar-refractivity contribution in [3.05, 3.63) is 41.5 Å². The standard InChI is InChI=1S/C14H16O4/c1-10(17-8-12-9-18-12)13-5-3-2-4-11(13)6-7-14(15)16/h2-7,10,12H,8-9H2,1H3,(H,15,16)/t10-,12+/m1/s1. The van der Waals surface area contributed by atoms with Crippen molar-refractivity contribution in [2.24, 2.45) is 0 Å². The van der Waals surface area contributed by atoms with Crippen molar-refractivity contribution in [1.82, 2.24) is 0 Å². The Balaban J connectivity index is 2.07. The molecule has 1 N–H and O–H groups in total. The maximum Gasteiger partial charge on any atom is 0.328 e. The molecule has 96 valence electrons. The van der Waals surface area contributed by atoms with Crippen molar-refractivity contribution in [3.8, 4) is 0 Å². The Labute approximate surface area is 106 Å². The van der Waals surface area contributed by atoms with Gasteiger partial charge in [0.2, 0.25) is 0 Å². The van der Waals surface area contributed by atoms with Crippen molar-refractivity contribution in [3.63, 3.8) is 0 Å². The second kappa shape index (κ2) is 5.80. The molecule has 1 aliphatic heterocycles. The minimum atomic E-state index is -0.954. The molecule has 0 spiro atoms. The zero-order valence-corrected chi connectivity index (χ0v) is 10.2. The molecule has 2 rings (SSSR count). The lowest BCUT2D eigenvalue weighted by molar-refractivity contribution is -0.131. The summed E-state index contributed by atoms with van der Waals surface area (Å²) in [5, 5.41) is 8.65. The summed E-state index contributed by atoms with van der Waals surface area (Å²) in [7, 11) is 0. The van der Waals surface area contributed by atoms with Crippen LogP contribution in [0.3, 0.4) is 0 Å². The SMILES string of the molecule is C[C@@H](OC[C@H]1CO1)c1ccccc1C=CC(=O)O. The lowest BCUT2D eigenvalue weighted by Gasteiger charge is -2.15. The molecule has 2 atom stereocenters. The van der Waals surface area contributed by atoms with Gasteiger partial charge in [-0.2, -0.15) is 0 Å². The molecular formula is C14H16O4. The van der Waals surface area contributed by atoms with Gasteiger partial charge in [-0.1, -0.05) is 24.3 Å². The molecule has 0 radical (unpaired) electrons. The maximum absolute atomic E-state index is 10.5. The topological polar surface area (TPSA) is 59.1 Å². The summed E-state index contributed by atoms with van der Waals surface area (Å²) in [5.41, 5.74) is 1.85.